The highest BCUT2D eigenvalue weighted by atomic mass is 32.2. The molecule has 1 atom stereocenters. The summed E-state index contributed by atoms with van der Waals surface area (Å²) >= 11 is 0. The average Bonchev–Trinajstić information content (AvgIpc) is 3.51. The first kappa shape index (κ1) is 59.5. The monoisotopic (exact) mass is 1120 g/mol. The molecule has 0 radical (unpaired) electrons. The normalized spacial score (nSPS) is 15.7. The summed E-state index contributed by atoms with van der Waals surface area (Å²) in [5.41, 5.74) is 10.0. The fourth-order valence-electron chi connectivity index (χ4n) is 9.18. The van der Waals surface area contributed by atoms with E-state index in [4.69, 9.17) is 10.5 Å². The zero-order valence-electron chi connectivity index (χ0n) is 41.7. The van der Waals surface area contributed by atoms with E-state index in [1.54, 1.807) is 78.7 Å². The smallest absolute Gasteiger partial charge is 0.295 e. The molecule has 4 aromatic carbocycles. The summed E-state index contributed by atoms with van der Waals surface area (Å²) in [6, 6.07) is 14.0. The van der Waals surface area contributed by atoms with Gasteiger partial charge in [0.15, 0.2) is 0 Å². The second-order valence-corrected chi connectivity index (χ2v) is 26.2. The summed E-state index contributed by atoms with van der Waals surface area (Å²) in [6.45, 7) is 10.4. The lowest BCUT2D eigenvalue weighted by molar-refractivity contribution is -0.121. The van der Waals surface area contributed by atoms with Crippen molar-refractivity contribution in [3.05, 3.63) is 118 Å². The van der Waals surface area contributed by atoms with Crippen LogP contribution in [0, 0.1) is 6.92 Å². The van der Waals surface area contributed by atoms with Crippen molar-refractivity contribution in [2.75, 3.05) is 56.2 Å². The van der Waals surface area contributed by atoms with E-state index in [9.17, 15) is 60.9 Å². The number of aryl methyl sites for hydroxylation is 1. The topological polar surface area (TPSA) is 331 Å². The number of benzene rings is 4. The van der Waals surface area contributed by atoms with Gasteiger partial charge in [-0.2, -0.15) is 33.7 Å². The number of carbonyl (C=O) groups is 1. The maximum absolute atomic E-state index is 14.1. The lowest BCUT2D eigenvalue weighted by Gasteiger charge is -2.30. The van der Waals surface area contributed by atoms with E-state index in [0.717, 1.165) is 22.6 Å². The van der Waals surface area contributed by atoms with Crippen molar-refractivity contribution >= 4 is 90.3 Å². The summed E-state index contributed by atoms with van der Waals surface area (Å²) in [7, 11) is -18.6. The predicted octanol–water partition coefficient (Wildman–Crippen LogP) is 7.41. The van der Waals surface area contributed by atoms with Gasteiger partial charge >= 0.3 is 0 Å². The molecule has 74 heavy (non-hydrogen) atoms. The summed E-state index contributed by atoms with van der Waals surface area (Å²) in [6.07, 6.45) is 9.60. The van der Waals surface area contributed by atoms with Crippen LogP contribution in [0.3, 0.4) is 0 Å². The molecule has 1 heterocycles. The Balaban J connectivity index is 1.53. The quantitative estimate of drug-likeness (QED) is 0.00820. The van der Waals surface area contributed by atoms with Crippen molar-refractivity contribution in [2.24, 2.45) is 10.1 Å². The Kier molecular flexibility index (Phi) is 19.4. The molecule has 0 aromatic heterocycles. The summed E-state index contributed by atoms with van der Waals surface area (Å²) in [5.74, 6) is -1.30. The summed E-state index contributed by atoms with van der Waals surface area (Å²) in [4.78, 5) is 20.6. The van der Waals surface area contributed by atoms with Crippen LogP contribution >= 0.6 is 0 Å². The molecular weight excluding hydrogens is 1060 g/mol. The van der Waals surface area contributed by atoms with E-state index in [2.05, 4.69) is 15.3 Å². The third-order valence-corrected chi connectivity index (χ3v) is 17.3. The van der Waals surface area contributed by atoms with E-state index in [0.29, 0.717) is 64.9 Å². The van der Waals surface area contributed by atoms with Crippen LogP contribution in [-0.4, -0.2) is 123 Å². The van der Waals surface area contributed by atoms with Gasteiger partial charge in [0.2, 0.25) is 5.91 Å². The highest BCUT2D eigenvalue weighted by Gasteiger charge is 2.42. The molecular formula is C48H61N7O14S5. The first-order chi connectivity index (χ1) is 34.4. The zero-order valence-corrected chi connectivity index (χ0v) is 45.7. The first-order valence-electron chi connectivity index (χ1n) is 23.2. The molecule has 1 unspecified atom stereocenters. The maximum atomic E-state index is 14.1. The molecule has 0 aliphatic carbocycles. The molecule has 1 aliphatic heterocycles. The lowest BCUT2D eigenvalue weighted by Crippen LogP contribution is -2.30. The fourth-order valence-corrected chi connectivity index (χ4v) is 12.7. The Hall–Kier alpha value is -5.38. The van der Waals surface area contributed by atoms with Gasteiger partial charge in [-0.1, -0.05) is 81.4 Å². The number of hydrogen-bond acceptors (Lipinski definition) is 13. The predicted molar refractivity (Wildman–Crippen MR) is 286 cm³/mol. The number of azide groups is 1. The highest BCUT2D eigenvalue weighted by Crippen LogP contribution is 2.52. The third-order valence-electron chi connectivity index (χ3n) is 12.5. The largest absolute Gasteiger partial charge is 0.356 e. The van der Waals surface area contributed by atoms with Crippen molar-refractivity contribution in [1.82, 2.24) is 9.62 Å². The molecule has 26 heteroatoms. The number of allylic oxidation sites excluding steroid dienone is 6. The van der Waals surface area contributed by atoms with Gasteiger partial charge in [0, 0.05) is 84.4 Å². The second-order valence-electron chi connectivity index (χ2n) is 18.6. The number of fused-ring (bicyclic) bond motifs is 4. The lowest BCUT2D eigenvalue weighted by atomic mass is 9.75. The van der Waals surface area contributed by atoms with Crippen LogP contribution in [0.4, 0.5) is 5.69 Å². The fraction of sp³-hybridized carbons (Fsp3) is 0.417. The molecule has 5 N–H and O–H groups in total. The van der Waals surface area contributed by atoms with Crippen molar-refractivity contribution < 1.29 is 60.9 Å². The highest BCUT2D eigenvalue weighted by molar-refractivity contribution is 7.87. The van der Waals surface area contributed by atoms with Gasteiger partial charge in [-0.15, -0.1) is 0 Å². The minimum absolute atomic E-state index is 0.00640. The molecule has 402 valence electrons. The van der Waals surface area contributed by atoms with Crippen LogP contribution < -0.4 is 10.2 Å². The third kappa shape index (κ3) is 14.9. The number of amides is 1. The van der Waals surface area contributed by atoms with Crippen LogP contribution in [0.25, 0.3) is 32.0 Å². The minimum Gasteiger partial charge on any atom is -0.356 e. The number of aliphatic imine (C=N–C) groups is 1. The Bertz CT molecular complexity index is 3480. The molecule has 0 saturated carbocycles. The average molecular weight is 1120 g/mol. The van der Waals surface area contributed by atoms with Crippen LogP contribution in [-0.2, 0) is 67.1 Å². The number of hydrogen-bond donors (Lipinski definition) is 5. The van der Waals surface area contributed by atoms with Gasteiger partial charge in [0.1, 0.15) is 15.9 Å². The Morgan fingerprint density at radius 2 is 1.51 bits per heavy atom. The number of anilines is 1. The van der Waals surface area contributed by atoms with Gasteiger partial charge in [-0.3, -0.25) is 28.0 Å². The standard InChI is InChI=1S/C48H61N7O14S5/c1-33-20-21-35-37(15-10-16-40(35)70(57)54(6)27-11-19-44(56)51-24-12-26-52-53-49)45(33)47(2,3)42(50-25-13-29-71(58,59)60)17-8-7-9-18-43-48(4,5)46-38-31-34(73(64,65)66)32-41(74(67,68)69)36(38)22-23-39(46)55(43)28-14-30-72(61,62)63/h7-10,15-18,20-23,31-32H,11-14,19,24-30H2,1-6H3,(H,51,56)(H,58,59,60)(H,61,62,63)(H,64,65,66)(H,67,68,69)/b9-7+,17-8+,43-18+,50-42?. The van der Waals surface area contributed by atoms with Gasteiger partial charge in [0.25, 0.3) is 40.5 Å². The molecule has 0 spiro atoms. The number of nitrogens with one attached hydrogen (secondary N) is 1. The van der Waals surface area contributed by atoms with Crippen molar-refractivity contribution in [1.29, 1.82) is 0 Å². The van der Waals surface area contributed by atoms with Crippen LogP contribution in [0.1, 0.15) is 76.5 Å². The molecule has 1 amide bonds. The van der Waals surface area contributed by atoms with Crippen LogP contribution in [0.5, 0.6) is 0 Å². The first-order valence-corrected chi connectivity index (χ1v) is 30.4. The van der Waals surface area contributed by atoms with E-state index in [1.165, 1.54) is 6.07 Å². The van der Waals surface area contributed by atoms with E-state index in [-0.39, 0.29) is 55.6 Å². The molecule has 4 aromatic rings. The number of carbonyl (C=O) groups excluding carboxylic acids is 1. The summed E-state index contributed by atoms with van der Waals surface area (Å²) < 4.78 is 152. The van der Waals surface area contributed by atoms with Gasteiger partial charge < -0.3 is 10.2 Å². The molecule has 1 aliphatic rings. The Morgan fingerprint density at radius 3 is 2.16 bits per heavy atom. The molecule has 5 rings (SSSR count). The number of rotatable bonds is 25. The molecule has 0 bridgehead atoms. The van der Waals surface area contributed by atoms with E-state index in [1.807, 2.05) is 39.0 Å². The maximum Gasteiger partial charge on any atom is 0.295 e. The van der Waals surface area contributed by atoms with E-state index < -0.39 is 83.6 Å². The van der Waals surface area contributed by atoms with Crippen molar-refractivity contribution in [3.8, 4) is 0 Å². The number of nitrogens with zero attached hydrogens (tertiary/aromatic N) is 6. The van der Waals surface area contributed by atoms with Gasteiger partial charge in [-0.05, 0) is 107 Å². The van der Waals surface area contributed by atoms with Crippen molar-refractivity contribution in [3.63, 3.8) is 0 Å². The van der Waals surface area contributed by atoms with Crippen molar-refractivity contribution in [2.45, 2.75) is 92.2 Å². The molecule has 0 fully saturated rings. The molecule has 21 nitrogen and oxygen atoms in total. The second kappa shape index (κ2) is 24.1. The van der Waals surface area contributed by atoms with Gasteiger partial charge in [0.05, 0.1) is 21.3 Å². The van der Waals surface area contributed by atoms with Crippen LogP contribution in [0.2, 0.25) is 0 Å². The van der Waals surface area contributed by atoms with Crippen LogP contribution in [0.15, 0.2) is 115 Å². The van der Waals surface area contributed by atoms with E-state index >= 15 is 0 Å². The van der Waals surface area contributed by atoms with Gasteiger partial charge in [-0.25, -0.2) is 8.51 Å². The SMILES string of the molecule is Cc1ccc2c(S(=O)N(C)CCCC(=O)NCCCN=[N+]=[N-])cccc2c1C(C)(C)C(/C=C/C=C/C=C1/N(CCCS(=O)(=O)O)c2ccc3c(S(=O)(=O)O)cc(S(=O)(=O)O)cc3c2C1(C)C)=NCCCS(=O)(=O)O. The Morgan fingerprint density at radius 1 is 0.838 bits per heavy atom. The Labute approximate surface area is 434 Å². The molecule has 0 saturated heterocycles. The summed E-state index contributed by atoms with van der Waals surface area (Å²) in [5, 5.41) is 7.75. The zero-order chi connectivity index (χ0) is 55.0. The minimum atomic E-state index is -5.02.